The largest absolute Gasteiger partial charge is 0.872 e. The Balaban J connectivity index is 1.57. The molecule has 0 unspecified atom stereocenters. The van der Waals surface area contributed by atoms with Crippen molar-refractivity contribution in [1.82, 2.24) is 0 Å². The van der Waals surface area contributed by atoms with Crippen molar-refractivity contribution < 1.29 is 15.2 Å². The van der Waals surface area contributed by atoms with Gasteiger partial charge in [-0.1, -0.05) is 24.3 Å². The van der Waals surface area contributed by atoms with Crippen LogP contribution in [0.3, 0.4) is 0 Å². The topological polar surface area (TPSA) is 81.6 Å². The monoisotopic (exact) mass is 307 g/mol. The normalized spacial score (nSPS) is 14.5. The summed E-state index contributed by atoms with van der Waals surface area (Å²) in [5.41, 5.74) is 3.74. The number of phenolic OH excluding ortho intramolecular Hbond substituents is 1. The summed E-state index contributed by atoms with van der Waals surface area (Å²) >= 11 is 0. The van der Waals surface area contributed by atoms with E-state index in [9.17, 15) is 10.2 Å². The zero-order valence-corrected chi connectivity index (χ0v) is 12.6. The van der Waals surface area contributed by atoms with Crippen LogP contribution in [0, 0.1) is 0 Å². The summed E-state index contributed by atoms with van der Waals surface area (Å²) in [5, 5.41) is 26.8. The molecule has 0 fully saturated rings. The van der Waals surface area contributed by atoms with Crippen molar-refractivity contribution in [3.05, 3.63) is 46.5 Å². The number of rotatable bonds is 4. The highest BCUT2D eigenvalue weighted by Crippen LogP contribution is 2.26. The lowest BCUT2D eigenvalue weighted by atomic mass is 10.1. The molecule has 3 N–H and O–H groups in total. The van der Waals surface area contributed by atoms with Crippen LogP contribution in [-0.2, 0) is 6.42 Å². The van der Waals surface area contributed by atoms with Gasteiger partial charge in [0.15, 0.2) is 6.21 Å². The maximum Gasteiger partial charge on any atom is 0.257 e. The number of hydrogen-bond donors (Lipinski definition) is 3. The molecule has 23 heavy (non-hydrogen) atoms. The summed E-state index contributed by atoms with van der Waals surface area (Å²) in [7, 11) is 0. The maximum absolute atomic E-state index is 11.1. The van der Waals surface area contributed by atoms with Gasteiger partial charge in [-0.2, -0.15) is 0 Å². The van der Waals surface area contributed by atoms with Crippen LogP contribution in [0.5, 0.6) is 11.5 Å². The molecule has 0 amide bonds. The Labute approximate surface area is 133 Å². The predicted molar refractivity (Wildman–Crippen MR) is 86.5 cm³/mol. The Hall–Kier alpha value is -2.82. The fourth-order valence-electron chi connectivity index (χ4n) is 3.11. The third kappa shape index (κ3) is 2.44. The van der Waals surface area contributed by atoms with Crippen molar-refractivity contribution in [3.8, 4) is 11.5 Å². The number of nitrogens with zero attached hydrogens (tertiary/aromatic N) is 1. The zero-order chi connectivity index (χ0) is 15.8. The van der Waals surface area contributed by atoms with Crippen molar-refractivity contribution in [2.24, 2.45) is 4.99 Å². The maximum atomic E-state index is 11.1. The Morgan fingerprint density at radius 1 is 1.26 bits per heavy atom. The van der Waals surface area contributed by atoms with E-state index in [1.165, 1.54) is 5.57 Å². The Morgan fingerprint density at radius 3 is 2.91 bits per heavy atom. The minimum Gasteiger partial charge on any atom is -0.872 e. The number of benzene rings is 2. The van der Waals surface area contributed by atoms with Gasteiger partial charge in [-0.3, -0.25) is 4.99 Å². The molecule has 0 aromatic heterocycles. The molecule has 2 aliphatic rings. The highest BCUT2D eigenvalue weighted by atomic mass is 16.3. The third-order valence-corrected chi connectivity index (χ3v) is 4.31. The van der Waals surface area contributed by atoms with Gasteiger partial charge in [0.2, 0.25) is 5.75 Å². The van der Waals surface area contributed by atoms with Gasteiger partial charge < -0.3 is 15.5 Å². The van der Waals surface area contributed by atoms with Gasteiger partial charge in [-0.25, -0.2) is 4.99 Å². The summed E-state index contributed by atoms with van der Waals surface area (Å²) in [6.07, 6.45) is 3.64. The first-order valence-electron chi connectivity index (χ1n) is 7.75. The lowest BCUT2D eigenvalue weighted by Gasteiger charge is -2.11. The van der Waals surface area contributed by atoms with E-state index in [4.69, 9.17) is 0 Å². The van der Waals surface area contributed by atoms with Gasteiger partial charge in [0, 0.05) is 18.7 Å². The molecule has 0 radical (unpaired) electrons. The van der Waals surface area contributed by atoms with Crippen LogP contribution in [0.2, 0.25) is 0 Å². The van der Waals surface area contributed by atoms with E-state index in [0.717, 1.165) is 41.2 Å². The van der Waals surface area contributed by atoms with Crippen LogP contribution in [-0.4, -0.2) is 24.4 Å². The van der Waals surface area contributed by atoms with E-state index in [1.54, 1.807) is 12.1 Å². The van der Waals surface area contributed by atoms with Gasteiger partial charge in [0.25, 0.3) is 5.69 Å². The highest BCUT2D eigenvalue weighted by Gasteiger charge is 2.24. The van der Waals surface area contributed by atoms with Crippen LogP contribution in [0.25, 0.3) is 5.57 Å². The molecular formula is C18H17N3O2. The number of hydrogen-bond acceptors (Lipinski definition) is 4. The van der Waals surface area contributed by atoms with Crippen molar-refractivity contribution >= 4 is 23.2 Å². The number of anilines is 1. The smallest absolute Gasteiger partial charge is 0.257 e. The summed E-state index contributed by atoms with van der Waals surface area (Å²) in [4.78, 5) is 7.71. The molecule has 2 heterocycles. The first-order valence-corrected chi connectivity index (χ1v) is 7.75. The van der Waals surface area contributed by atoms with Gasteiger partial charge in [0.05, 0.1) is 16.3 Å². The van der Waals surface area contributed by atoms with Crippen molar-refractivity contribution in [2.45, 2.75) is 12.8 Å². The minimum atomic E-state index is 0.0214. The van der Waals surface area contributed by atoms with Gasteiger partial charge in [0.1, 0.15) is 0 Å². The molecule has 0 bridgehead atoms. The fraction of sp³-hybridized carbons (Fsp3) is 0.222. The van der Waals surface area contributed by atoms with Crippen molar-refractivity contribution in [1.29, 1.82) is 0 Å². The SMILES string of the molecule is [O-]c1ccc(CCNc2cc3c4c(c2O)[NH+]=CC=4CCN=3)cc1. The Bertz CT molecular complexity index is 915. The van der Waals surface area contributed by atoms with E-state index < -0.39 is 0 Å². The summed E-state index contributed by atoms with van der Waals surface area (Å²) in [6, 6.07) is 8.73. The van der Waals surface area contributed by atoms with E-state index in [2.05, 4.69) is 15.3 Å². The molecule has 0 saturated heterocycles. The second-order valence-corrected chi connectivity index (χ2v) is 5.81. The molecular weight excluding hydrogens is 290 g/mol. The van der Waals surface area contributed by atoms with E-state index in [-0.39, 0.29) is 11.5 Å². The van der Waals surface area contributed by atoms with Crippen molar-refractivity contribution in [3.63, 3.8) is 0 Å². The molecule has 116 valence electrons. The molecule has 2 aromatic carbocycles. The lowest BCUT2D eigenvalue weighted by Crippen LogP contribution is -2.61. The summed E-state index contributed by atoms with van der Waals surface area (Å²) < 4.78 is 0. The van der Waals surface area contributed by atoms with Crippen molar-refractivity contribution in [2.75, 3.05) is 18.4 Å². The van der Waals surface area contributed by atoms with Crippen LogP contribution in [0.4, 0.5) is 11.4 Å². The molecule has 0 spiro atoms. The minimum absolute atomic E-state index is 0.0214. The van der Waals surface area contributed by atoms with Gasteiger partial charge in [-0.15, -0.1) is 5.75 Å². The summed E-state index contributed by atoms with van der Waals surface area (Å²) in [5.74, 6) is 0.259. The van der Waals surface area contributed by atoms with Crippen LogP contribution in [0.1, 0.15) is 12.0 Å². The quantitative estimate of drug-likeness (QED) is 0.640. The molecule has 5 nitrogen and oxygen atoms in total. The summed E-state index contributed by atoms with van der Waals surface area (Å²) in [6.45, 7) is 1.45. The van der Waals surface area contributed by atoms with E-state index >= 15 is 0 Å². The van der Waals surface area contributed by atoms with Crippen LogP contribution in [0.15, 0.2) is 35.3 Å². The first-order chi connectivity index (χ1) is 11.2. The Morgan fingerprint density at radius 2 is 2.09 bits per heavy atom. The first kappa shape index (κ1) is 13.8. The lowest BCUT2D eigenvalue weighted by molar-refractivity contribution is -0.345. The molecule has 4 rings (SSSR count). The van der Waals surface area contributed by atoms with Gasteiger partial charge in [-0.05, 0) is 24.5 Å². The van der Waals surface area contributed by atoms with E-state index in [1.807, 2.05) is 24.4 Å². The average molecular weight is 307 g/mol. The predicted octanol–water partition coefficient (Wildman–Crippen LogP) is -0.909. The number of nitrogens with one attached hydrogen (secondary N) is 2. The molecule has 5 heteroatoms. The molecule has 0 aliphatic carbocycles. The average Bonchev–Trinajstić information content (AvgIpc) is 3.00. The number of aromatic hydroxyl groups is 1. The second-order valence-electron chi connectivity index (χ2n) is 5.81. The molecule has 2 aromatic rings. The van der Waals surface area contributed by atoms with E-state index in [0.29, 0.717) is 12.2 Å². The molecule has 0 saturated carbocycles. The molecule has 2 aliphatic heterocycles. The fourth-order valence-corrected chi connectivity index (χ4v) is 3.11. The number of phenols is 1. The van der Waals surface area contributed by atoms with Crippen LogP contribution < -0.4 is 26.0 Å². The molecule has 0 atom stereocenters. The van der Waals surface area contributed by atoms with Crippen LogP contribution >= 0.6 is 0 Å². The Kier molecular flexibility index (Phi) is 3.26. The second kappa shape index (κ2) is 5.43. The standard InChI is InChI=1S/C18H17N3O2/c22-13-3-1-11(2-4-13)5-7-20-15-9-14-16-12(6-8-19-14)10-21-17(16)18(15)23/h1-4,9-10,20,22-23H,5-8H2. The highest BCUT2D eigenvalue weighted by molar-refractivity contribution is 6.02. The zero-order valence-electron chi connectivity index (χ0n) is 12.6. The third-order valence-electron chi connectivity index (χ3n) is 4.31. The van der Waals surface area contributed by atoms with Gasteiger partial charge >= 0.3 is 0 Å².